The standard InChI is InChI=1S/C36H28FN5O.ClH/c37-31-21-28(43)17-18-29(31)35-30(22-38)32(25-13-15-27(16-14-25)42-19-5-2-6-20-42)33-34(40-41-36(33)39-35)26-11-9-24(10-12-26)23-7-3-1-4-8-23;/h1,3-4,7-18,21,43H,2,5-6,19-20H2,(H,39,40,41);1H. The highest BCUT2D eigenvalue weighted by molar-refractivity contribution is 6.06. The molecule has 1 fully saturated rings. The summed E-state index contributed by atoms with van der Waals surface area (Å²) in [5, 5.41) is 28.8. The van der Waals surface area contributed by atoms with Gasteiger partial charge in [-0.3, -0.25) is 5.10 Å². The smallest absolute Gasteiger partial charge is 0.182 e. The maximum absolute atomic E-state index is 15.2. The van der Waals surface area contributed by atoms with Crippen molar-refractivity contribution in [1.29, 1.82) is 5.26 Å². The SMILES string of the molecule is Cl.N#Cc1c(-c2ccc(O)cc2F)nc2n[nH]c(-c3ccc(-c4ccccc4)cc3)c2c1-c1ccc(N2CCCCC2)cc1. The molecule has 0 spiro atoms. The Morgan fingerprint density at radius 2 is 1.45 bits per heavy atom. The first-order valence-electron chi connectivity index (χ1n) is 14.4. The van der Waals surface area contributed by atoms with Crippen LogP contribution in [0.4, 0.5) is 10.1 Å². The largest absolute Gasteiger partial charge is 0.508 e. The zero-order valence-corrected chi connectivity index (χ0v) is 24.6. The number of rotatable bonds is 5. The predicted octanol–water partition coefficient (Wildman–Crippen LogP) is 8.75. The van der Waals surface area contributed by atoms with Gasteiger partial charge in [0.1, 0.15) is 17.6 Å². The minimum atomic E-state index is -0.665. The summed E-state index contributed by atoms with van der Waals surface area (Å²) in [6, 6.07) is 32.7. The van der Waals surface area contributed by atoms with E-state index in [9.17, 15) is 10.4 Å². The molecule has 2 aromatic heterocycles. The van der Waals surface area contributed by atoms with E-state index in [0.29, 0.717) is 16.6 Å². The van der Waals surface area contributed by atoms with Crippen LogP contribution >= 0.6 is 12.4 Å². The zero-order chi connectivity index (χ0) is 29.3. The summed E-state index contributed by atoms with van der Waals surface area (Å²) in [5.41, 5.74) is 7.33. The second kappa shape index (κ2) is 12.2. The van der Waals surface area contributed by atoms with Crippen molar-refractivity contribution in [2.24, 2.45) is 0 Å². The Morgan fingerprint density at radius 3 is 2.14 bits per heavy atom. The van der Waals surface area contributed by atoms with Crippen LogP contribution in [-0.2, 0) is 0 Å². The number of nitriles is 1. The number of fused-ring (bicyclic) bond motifs is 1. The fourth-order valence-electron chi connectivity index (χ4n) is 6.00. The van der Waals surface area contributed by atoms with E-state index in [-0.39, 0.29) is 35.0 Å². The molecule has 0 unspecified atom stereocenters. The summed E-state index contributed by atoms with van der Waals surface area (Å²) in [5.74, 6) is -0.864. The first-order chi connectivity index (χ1) is 21.1. The number of aromatic amines is 1. The maximum Gasteiger partial charge on any atom is 0.182 e. The number of nitrogens with one attached hydrogen (secondary N) is 1. The Morgan fingerprint density at radius 1 is 0.795 bits per heavy atom. The van der Waals surface area contributed by atoms with Gasteiger partial charge in [-0.2, -0.15) is 10.4 Å². The first kappa shape index (κ1) is 28.9. The normalized spacial score (nSPS) is 13.0. The van der Waals surface area contributed by atoms with E-state index >= 15 is 4.39 Å². The van der Waals surface area contributed by atoms with Crippen molar-refractivity contribution < 1.29 is 9.50 Å². The molecule has 0 radical (unpaired) electrons. The molecule has 1 aliphatic heterocycles. The average Bonchev–Trinajstić information content (AvgIpc) is 3.48. The average molecular weight is 602 g/mol. The lowest BCUT2D eigenvalue weighted by molar-refractivity contribution is 0.469. The first-order valence-corrected chi connectivity index (χ1v) is 14.4. The molecule has 3 heterocycles. The lowest BCUT2D eigenvalue weighted by Crippen LogP contribution is -2.29. The molecule has 0 aliphatic carbocycles. The van der Waals surface area contributed by atoms with Crippen LogP contribution in [0.15, 0.2) is 97.1 Å². The predicted molar refractivity (Wildman–Crippen MR) is 175 cm³/mol. The van der Waals surface area contributed by atoms with Crippen molar-refractivity contribution in [3.8, 4) is 56.6 Å². The van der Waals surface area contributed by atoms with Gasteiger partial charge >= 0.3 is 0 Å². The van der Waals surface area contributed by atoms with Crippen LogP contribution in [0, 0.1) is 17.1 Å². The van der Waals surface area contributed by atoms with Crippen molar-refractivity contribution >= 4 is 29.1 Å². The van der Waals surface area contributed by atoms with Crippen molar-refractivity contribution in [2.45, 2.75) is 19.3 Å². The zero-order valence-electron chi connectivity index (χ0n) is 23.8. The summed E-state index contributed by atoms with van der Waals surface area (Å²) in [6.07, 6.45) is 3.60. The van der Waals surface area contributed by atoms with Crippen molar-refractivity contribution in [3.63, 3.8) is 0 Å². The molecule has 8 heteroatoms. The Labute approximate surface area is 260 Å². The maximum atomic E-state index is 15.2. The van der Waals surface area contributed by atoms with Crippen LogP contribution in [0.1, 0.15) is 24.8 Å². The minimum absolute atomic E-state index is 0. The molecule has 0 amide bonds. The van der Waals surface area contributed by atoms with Crippen LogP contribution in [-0.4, -0.2) is 33.4 Å². The van der Waals surface area contributed by atoms with Crippen LogP contribution in [0.3, 0.4) is 0 Å². The molecular weight excluding hydrogens is 573 g/mol. The van der Waals surface area contributed by atoms with Gasteiger partial charge < -0.3 is 10.0 Å². The molecule has 6 nitrogen and oxygen atoms in total. The Hall–Kier alpha value is -5.19. The van der Waals surface area contributed by atoms with Gasteiger partial charge in [-0.15, -0.1) is 12.4 Å². The van der Waals surface area contributed by atoms with Crippen LogP contribution in [0.5, 0.6) is 5.75 Å². The molecule has 1 saturated heterocycles. The molecule has 218 valence electrons. The molecular formula is C36H29ClFN5O. The van der Waals surface area contributed by atoms with Gasteiger partial charge in [-0.05, 0) is 60.2 Å². The third-order valence-corrected chi connectivity index (χ3v) is 8.18. The fraction of sp³-hybridized carbons (Fsp3) is 0.139. The number of benzene rings is 4. The topological polar surface area (TPSA) is 88.8 Å². The number of phenols is 1. The van der Waals surface area contributed by atoms with Gasteiger partial charge in [0.15, 0.2) is 5.65 Å². The van der Waals surface area contributed by atoms with E-state index in [4.69, 9.17) is 4.98 Å². The summed E-state index contributed by atoms with van der Waals surface area (Å²) < 4.78 is 15.2. The number of halogens is 2. The Bertz CT molecular complexity index is 1980. The second-order valence-electron chi connectivity index (χ2n) is 10.8. The Kier molecular flexibility index (Phi) is 8.01. The molecule has 7 rings (SSSR count). The van der Waals surface area contributed by atoms with Crippen molar-refractivity contribution in [1.82, 2.24) is 15.2 Å². The number of aromatic nitrogens is 3. The molecule has 0 atom stereocenters. The quantitative estimate of drug-likeness (QED) is 0.206. The summed E-state index contributed by atoms with van der Waals surface area (Å²) in [4.78, 5) is 7.08. The highest BCUT2D eigenvalue weighted by atomic mass is 35.5. The number of H-pyrrole nitrogens is 1. The number of piperidine rings is 1. The van der Waals surface area contributed by atoms with Crippen molar-refractivity contribution in [2.75, 3.05) is 18.0 Å². The second-order valence-corrected chi connectivity index (χ2v) is 10.8. The lowest BCUT2D eigenvalue weighted by atomic mass is 9.91. The number of hydrogen-bond acceptors (Lipinski definition) is 5. The number of nitrogens with zero attached hydrogens (tertiary/aromatic N) is 4. The molecule has 44 heavy (non-hydrogen) atoms. The van der Waals surface area contributed by atoms with Gasteiger partial charge in [-0.1, -0.05) is 66.7 Å². The van der Waals surface area contributed by atoms with Crippen LogP contribution < -0.4 is 4.90 Å². The number of pyridine rings is 1. The van der Waals surface area contributed by atoms with Crippen molar-refractivity contribution in [3.05, 3.63) is 108 Å². The molecule has 2 N–H and O–H groups in total. The van der Waals surface area contributed by atoms with E-state index in [2.05, 4.69) is 57.6 Å². The van der Waals surface area contributed by atoms with Gasteiger partial charge in [0.2, 0.25) is 0 Å². The van der Waals surface area contributed by atoms with Gasteiger partial charge in [0, 0.05) is 41.5 Å². The molecule has 6 aromatic rings. The van der Waals surface area contributed by atoms with E-state index in [1.807, 2.05) is 42.5 Å². The number of aromatic hydroxyl groups is 1. The van der Waals surface area contributed by atoms with Gasteiger partial charge in [-0.25, -0.2) is 9.37 Å². The van der Waals surface area contributed by atoms with Gasteiger partial charge in [0.25, 0.3) is 0 Å². The fourth-order valence-corrected chi connectivity index (χ4v) is 6.00. The molecule has 0 saturated carbocycles. The van der Waals surface area contributed by atoms with Gasteiger partial charge in [0.05, 0.1) is 22.3 Å². The van der Waals surface area contributed by atoms with Crippen LogP contribution in [0.25, 0.3) is 55.8 Å². The van der Waals surface area contributed by atoms with E-state index in [0.717, 1.165) is 52.8 Å². The highest BCUT2D eigenvalue weighted by Gasteiger charge is 2.25. The summed E-state index contributed by atoms with van der Waals surface area (Å²) in [7, 11) is 0. The minimum Gasteiger partial charge on any atom is -0.508 e. The monoisotopic (exact) mass is 601 g/mol. The number of hydrogen-bond donors (Lipinski definition) is 2. The van der Waals surface area contributed by atoms with Crippen LogP contribution in [0.2, 0.25) is 0 Å². The third-order valence-electron chi connectivity index (χ3n) is 8.18. The number of anilines is 1. The molecule has 0 bridgehead atoms. The Balaban J connectivity index is 0.00000343. The highest BCUT2D eigenvalue weighted by Crippen LogP contribution is 2.42. The molecule has 4 aromatic carbocycles. The number of phenolic OH excluding ortho intramolecular Hbond substituents is 1. The van der Waals surface area contributed by atoms with E-state index in [1.165, 1.54) is 31.4 Å². The summed E-state index contributed by atoms with van der Waals surface area (Å²) >= 11 is 0. The van der Waals surface area contributed by atoms with E-state index in [1.54, 1.807) is 0 Å². The van der Waals surface area contributed by atoms with E-state index < -0.39 is 5.82 Å². The lowest BCUT2D eigenvalue weighted by Gasteiger charge is -2.29. The third kappa shape index (κ3) is 5.25. The summed E-state index contributed by atoms with van der Waals surface area (Å²) in [6.45, 7) is 2.05. The molecule has 1 aliphatic rings.